The molecule has 3 rings (SSSR count). The van der Waals surface area contributed by atoms with E-state index in [1.54, 1.807) is 31.2 Å². The summed E-state index contributed by atoms with van der Waals surface area (Å²) >= 11 is 0. The normalized spacial score (nSPS) is 14.6. The second-order valence-electron chi connectivity index (χ2n) is 10.4. The summed E-state index contributed by atoms with van der Waals surface area (Å²) in [5.74, 6) is -3.11. The molecule has 2 atom stereocenters. The average molecular weight is 596 g/mol. The molecule has 1 aliphatic carbocycles. The minimum Gasteiger partial charge on any atom is -0.497 e. The van der Waals surface area contributed by atoms with E-state index >= 15 is 0 Å². The van der Waals surface area contributed by atoms with Crippen LogP contribution in [0.4, 0.5) is 0 Å². The van der Waals surface area contributed by atoms with Crippen LogP contribution >= 0.6 is 0 Å². The highest BCUT2D eigenvalue weighted by Gasteiger charge is 2.32. The van der Waals surface area contributed by atoms with Gasteiger partial charge in [-0.15, -0.1) is 0 Å². The molecule has 0 spiro atoms. The Hall–Kier alpha value is -4.25. The molecular weight excluding hydrogens is 554 g/mol. The van der Waals surface area contributed by atoms with Gasteiger partial charge in [-0.25, -0.2) is 0 Å². The molecule has 3 N–H and O–H groups in total. The standard InChI is InChI=1S/C32H41N3O8/c1-3-43-28(36)19-33-32(40)29(37)27(21-42-20-23-13-8-5-9-14-23)35-31(39)26(17-22-11-6-4-7-12-22)34-30(38)24-15-10-16-25(18-24)41-2/h5,8-10,13-16,18,22,26-27H,3-4,6-7,11-12,17,19-21H2,1-2H3,(H,33,40)(H,34,38)(H,35,39)/t26-,27-/m0/s1. The summed E-state index contributed by atoms with van der Waals surface area (Å²) in [6.07, 6.45) is 5.44. The van der Waals surface area contributed by atoms with E-state index in [1.165, 1.54) is 7.11 Å². The smallest absolute Gasteiger partial charge is 0.325 e. The molecule has 0 aromatic heterocycles. The Kier molecular flexibility index (Phi) is 13.6. The van der Waals surface area contributed by atoms with Crippen LogP contribution in [0.25, 0.3) is 0 Å². The SMILES string of the molecule is CCOC(=O)CNC(=O)C(=O)[C@H](COCc1ccccc1)NC(=O)[C@H](CC1CCCCC1)NC(=O)c1cccc(OC)c1. The number of nitrogens with one attached hydrogen (secondary N) is 3. The number of carbonyl (C=O) groups is 5. The first-order chi connectivity index (χ1) is 20.8. The Balaban J connectivity index is 1.76. The van der Waals surface area contributed by atoms with E-state index in [-0.39, 0.29) is 25.7 Å². The molecular formula is C32H41N3O8. The maximum atomic E-state index is 13.7. The van der Waals surface area contributed by atoms with Crippen molar-refractivity contribution >= 4 is 29.5 Å². The molecule has 11 nitrogen and oxygen atoms in total. The van der Waals surface area contributed by atoms with E-state index in [4.69, 9.17) is 14.2 Å². The number of Topliss-reactive ketones (excluding diaryl/α,β-unsaturated/α-hetero) is 1. The molecule has 0 heterocycles. The third-order valence-corrected chi connectivity index (χ3v) is 7.20. The number of ether oxygens (including phenoxy) is 3. The molecule has 1 aliphatic rings. The van der Waals surface area contributed by atoms with Gasteiger partial charge in [-0.05, 0) is 43.0 Å². The molecule has 2 aromatic carbocycles. The van der Waals surface area contributed by atoms with Gasteiger partial charge >= 0.3 is 5.97 Å². The van der Waals surface area contributed by atoms with Gasteiger partial charge in [-0.3, -0.25) is 24.0 Å². The molecule has 1 fully saturated rings. The molecule has 2 aromatic rings. The van der Waals surface area contributed by atoms with Gasteiger partial charge in [0.15, 0.2) is 0 Å². The predicted octanol–water partition coefficient (Wildman–Crippen LogP) is 2.71. The summed E-state index contributed by atoms with van der Waals surface area (Å²) in [5, 5.41) is 7.69. The van der Waals surface area contributed by atoms with Gasteiger partial charge in [0.2, 0.25) is 11.7 Å². The van der Waals surface area contributed by atoms with Crippen LogP contribution in [-0.4, -0.2) is 68.4 Å². The van der Waals surface area contributed by atoms with Gasteiger partial charge < -0.3 is 30.2 Å². The second kappa shape index (κ2) is 17.6. The number of carbonyl (C=O) groups excluding carboxylic acids is 5. The quantitative estimate of drug-likeness (QED) is 0.198. The van der Waals surface area contributed by atoms with Crippen molar-refractivity contribution in [3.8, 4) is 5.75 Å². The van der Waals surface area contributed by atoms with Crippen molar-refractivity contribution in [1.82, 2.24) is 16.0 Å². The zero-order valence-electron chi connectivity index (χ0n) is 24.8. The van der Waals surface area contributed by atoms with Crippen LogP contribution < -0.4 is 20.7 Å². The van der Waals surface area contributed by atoms with Crippen molar-refractivity contribution in [2.24, 2.45) is 5.92 Å². The van der Waals surface area contributed by atoms with Gasteiger partial charge in [0.25, 0.3) is 11.8 Å². The summed E-state index contributed by atoms with van der Waals surface area (Å²) < 4.78 is 15.7. The summed E-state index contributed by atoms with van der Waals surface area (Å²) in [7, 11) is 1.50. The molecule has 0 unspecified atom stereocenters. The Morgan fingerprint density at radius 1 is 0.907 bits per heavy atom. The molecule has 43 heavy (non-hydrogen) atoms. The first-order valence-corrected chi connectivity index (χ1v) is 14.6. The topological polar surface area (TPSA) is 149 Å². The molecule has 0 bridgehead atoms. The van der Waals surface area contributed by atoms with Crippen molar-refractivity contribution < 1.29 is 38.2 Å². The highest BCUT2D eigenvalue weighted by molar-refractivity contribution is 6.38. The van der Waals surface area contributed by atoms with Crippen LogP contribution in [0.3, 0.4) is 0 Å². The predicted molar refractivity (Wildman–Crippen MR) is 158 cm³/mol. The third kappa shape index (κ3) is 11.2. The third-order valence-electron chi connectivity index (χ3n) is 7.20. The Morgan fingerprint density at radius 2 is 1.65 bits per heavy atom. The zero-order valence-corrected chi connectivity index (χ0v) is 24.8. The lowest BCUT2D eigenvalue weighted by molar-refractivity contribution is -0.146. The maximum absolute atomic E-state index is 13.7. The molecule has 1 saturated carbocycles. The number of benzene rings is 2. The number of hydrogen-bond donors (Lipinski definition) is 3. The highest BCUT2D eigenvalue weighted by atomic mass is 16.5. The van der Waals surface area contributed by atoms with E-state index in [0.717, 1.165) is 37.7 Å². The zero-order chi connectivity index (χ0) is 31.0. The van der Waals surface area contributed by atoms with Crippen molar-refractivity contribution in [2.45, 2.75) is 64.1 Å². The maximum Gasteiger partial charge on any atom is 0.325 e. The minimum absolute atomic E-state index is 0.124. The van der Waals surface area contributed by atoms with Crippen molar-refractivity contribution in [1.29, 1.82) is 0 Å². The molecule has 0 radical (unpaired) electrons. The number of esters is 1. The molecule has 0 aliphatic heterocycles. The fraction of sp³-hybridized carbons (Fsp3) is 0.469. The minimum atomic E-state index is -1.36. The molecule has 232 valence electrons. The summed E-state index contributed by atoms with van der Waals surface area (Å²) in [5.41, 5.74) is 1.16. The number of rotatable bonds is 16. The number of hydrogen-bond acceptors (Lipinski definition) is 8. The van der Waals surface area contributed by atoms with Crippen LogP contribution in [0, 0.1) is 5.92 Å². The molecule has 3 amide bonds. The number of ketones is 1. The van der Waals surface area contributed by atoms with Crippen LogP contribution in [-0.2, 0) is 35.3 Å². The lowest BCUT2D eigenvalue weighted by Gasteiger charge is -2.28. The number of amides is 3. The van der Waals surface area contributed by atoms with Crippen LogP contribution in [0.15, 0.2) is 54.6 Å². The summed E-state index contributed by atoms with van der Waals surface area (Å²) in [4.78, 5) is 64.4. The lowest BCUT2D eigenvalue weighted by atomic mass is 9.84. The van der Waals surface area contributed by atoms with E-state index in [1.807, 2.05) is 30.3 Å². The lowest BCUT2D eigenvalue weighted by Crippen LogP contribution is -2.56. The van der Waals surface area contributed by atoms with Crippen molar-refractivity contribution in [3.63, 3.8) is 0 Å². The van der Waals surface area contributed by atoms with Gasteiger partial charge in [-0.2, -0.15) is 0 Å². The van der Waals surface area contributed by atoms with Gasteiger partial charge in [0, 0.05) is 5.56 Å². The monoisotopic (exact) mass is 595 g/mol. The van der Waals surface area contributed by atoms with Crippen LogP contribution in [0.1, 0.15) is 61.4 Å². The first kappa shape index (κ1) is 33.3. The summed E-state index contributed by atoms with van der Waals surface area (Å²) in [6, 6.07) is 13.5. The summed E-state index contributed by atoms with van der Waals surface area (Å²) in [6.45, 7) is 1.09. The highest BCUT2D eigenvalue weighted by Crippen LogP contribution is 2.27. The van der Waals surface area contributed by atoms with E-state index in [9.17, 15) is 24.0 Å². The Bertz CT molecular complexity index is 1230. The first-order valence-electron chi connectivity index (χ1n) is 14.6. The second-order valence-corrected chi connectivity index (χ2v) is 10.4. The van der Waals surface area contributed by atoms with E-state index < -0.39 is 48.1 Å². The fourth-order valence-corrected chi connectivity index (χ4v) is 4.93. The van der Waals surface area contributed by atoms with Crippen LogP contribution in [0.2, 0.25) is 0 Å². The fourth-order valence-electron chi connectivity index (χ4n) is 4.93. The molecule has 0 saturated heterocycles. The largest absolute Gasteiger partial charge is 0.497 e. The Morgan fingerprint density at radius 3 is 2.35 bits per heavy atom. The van der Waals surface area contributed by atoms with E-state index in [0.29, 0.717) is 17.7 Å². The van der Waals surface area contributed by atoms with Gasteiger partial charge in [0.05, 0.1) is 26.9 Å². The van der Waals surface area contributed by atoms with Crippen molar-refractivity contribution in [3.05, 3.63) is 65.7 Å². The molecule has 11 heteroatoms. The average Bonchev–Trinajstić information content (AvgIpc) is 3.03. The van der Waals surface area contributed by atoms with Gasteiger partial charge in [-0.1, -0.05) is 68.5 Å². The van der Waals surface area contributed by atoms with Crippen LogP contribution in [0.5, 0.6) is 5.75 Å². The van der Waals surface area contributed by atoms with Gasteiger partial charge in [0.1, 0.15) is 24.4 Å². The Labute approximate surface area is 252 Å². The number of methoxy groups -OCH3 is 1. The van der Waals surface area contributed by atoms with Crippen molar-refractivity contribution in [2.75, 3.05) is 26.9 Å². The van der Waals surface area contributed by atoms with E-state index in [2.05, 4.69) is 16.0 Å².